The molecule has 0 radical (unpaired) electrons. The van der Waals surface area contributed by atoms with Gasteiger partial charge in [-0.15, -0.1) is 0 Å². The van der Waals surface area contributed by atoms with Crippen molar-refractivity contribution in [3.8, 4) is 22.5 Å². The van der Waals surface area contributed by atoms with Gasteiger partial charge in [-0.3, -0.25) is 9.69 Å². The summed E-state index contributed by atoms with van der Waals surface area (Å²) in [5, 5.41) is 30.2. The van der Waals surface area contributed by atoms with Gasteiger partial charge in [0.05, 0.1) is 5.56 Å². The molecular weight excluding hydrogens is 507 g/mol. The zero-order chi connectivity index (χ0) is 28.6. The Morgan fingerprint density at radius 2 is 1.55 bits per heavy atom. The molecule has 8 nitrogen and oxygen atoms in total. The molecule has 40 heavy (non-hydrogen) atoms. The van der Waals surface area contributed by atoms with Crippen molar-refractivity contribution in [2.45, 2.75) is 13.1 Å². The number of fused-ring (bicyclic) bond motifs is 2. The molecule has 0 unspecified atom stereocenters. The standard InChI is InChI=1S/C31H29BN2O6/c1-33(2)21-12-13-24-28(15-21)40-29-16-27(35)20(18-34(3)17-19-8-4-7-11-26(19)32(38)39)14-25(29)30(24)22-9-5-6-10-23(22)31(36)37/h4-16,38-39H,17-18H2,1-3H3,(H,36,37). The van der Waals surface area contributed by atoms with Gasteiger partial charge in [-0.2, -0.15) is 0 Å². The molecule has 1 aliphatic heterocycles. The Bertz CT molecular complexity index is 1750. The predicted molar refractivity (Wildman–Crippen MR) is 157 cm³/mol. The molecular formula is C31H29BN2O6. The molecule has 3 N–H and O–H groups in total. The van der Waals surface area contributed by atoms with Gasteiger partial charge in [-0.25, -0.2) is 4.79 Å². The van der Waals surface area contributed by atoms with Gasteiger partial charge in [0.25, 0.3) is 0 Å². The van der Waals surface area contributed by atoms with Crippen LogP contribution in [0.5, 0.6) is 0 Å². The van der Waals surface area contributed by atoms with Crippen molar-refractivity contribution in [1.82, 2.24) is 4.90 Å². The van der Waals surface area contributed by atoms with E-state index < -0.39 is 13.1 Å². The van der Waals surface area contributed by atoms with Gasteiger partial charge in [0.2, 0.25) is 0 Å². The Morgan fingerprint density at radius 3 is 2.27 bits per heavy atom. The highest BCUT2D eigenvalue weighted by molar-refractivity contribution is 6.59. The Kier molecular flexibility index (Phi) is 7.45. The Labute approximate surface area is 231 Å². The second kappa shape index (κ2) is 11.0. The summed E-state index contributed by atoms with van der Waals surface area (Å²) in [4.78, 5) is 29.3. The van der Waals surface area contributed by atoms with Gasteiger partial charge >= 0.3 is 13.1 Å². The van der Waals surface area contributed by atoms with Crippen LogP contribution in [0.15, 0.2) is 88.1 Å². The minimum atomic E-state index is -1.60. The number of hydrogen-bond donors (Lipinski definition) is 3. The summed E-state index contributed by atoms with van der Waals surface area (Å²) in [6.07, 6.45) is 0. The average Bonchev–Trinajstić information content (AvgIpc) is 2.92. The SMILES string of the molecule is CN(Cc1ccccc1B(O)O)Cc1cc2c(-c3ccccc3C(=O)O)c3ccc(N(C)C)cc3oc-2cc1=O. The Hall–Kier alpha value is -4.44. The summed E-state index contributed by atoms with van der Waals surface area (Å²) in [6, 6.07) is 22.8. The van der Waals surface area contributed by atoms with Gasteiger partial charge in [-0.1, -0.05) is 42.5 Å². The van der Waals surface area contributed by atoms with E-state index in [0.717, 1.165) is 16.6 Å². The van der Waals surface area contributed by atoms with Crippen LogP contribution >= 0.6 is 0 Å². The summed E-state index contributed by atoms with van der Waals surface area (Å²) in [6.45, 7) is 0.664. The van der Waals surface area contributed by atoms with Crippen molar-refractivity contribution in [1.29, 1.82) is 0 Å². The predicted octanol–water partition coefficient (Wildman–Crippen LogP) is 3.64. The number of nitrogens with zero attached hydrogens (tertiary/aromatic N) is 2. The van der Waals surface area contributed by atoms with Crippen LogP contribution in [0.2, 0.25) is 0 Å². The van der Waals surface area contributed by atoms with E-state index in [2.05, 4.69) is 0 Å². The van der Waals surface area contributed by atoms with E-state index >= 15 is 0 Å². The van der Waals surface area contributed by atoms with Crippen molar-refractivity contribution >= 4 is 35.2 Å². The third-order valence-electron chi connectivity index (χ3n) is 7.04. The molecule has 0 bridgehead atoms. The van der Waals surface area contributed by atoms with E-state index in [4.69, 9.17) is 4.42 Å². The number of carboxylic acid groups (broad SMARTS) is 1. The normalized spacial score (nSPS) is 11.3. The third kappa shape index (κ3) is 5.22. The number of anilines is 1. The second-order valence-corrected chi connectivity index (χ2v) is 10.1. The van der Waals surface area contributed by atoms with E-state index in [1.165, 1.54) is 6.07 Å². The molecule has 0 spiro atoms. The van der Waals surface area contributed by atoms with Crippen molar-refractivity contribution in [2.24, 2.45) is 0 Å². The van der Waals surface area contributed by atoms with Gasteiger partial charge in [0, 0.05) is 67.1 Å². The highest BCUT2D eigenvalue weighted by Gasteiger charge is 2.24. The number of aromatic carboxylic acids is 1. The van der Waals surface area contributed by atoms with Crippen LogP contribution in [-0.2, 0) is 13.1 Å². The molecule has 202 valence electrons. The summed E-state index contributed by atoms with van der Waals surface area (Å²) in [5.74, 6) is -0.684. The number of hydrogen-bond acceptors (Lipinski definition) is 7. The molecule has 3 aromatic carbocycles. The van der Waals surface area contributed by atoms with Crippen molar-refractivity contribution < 1.29 is 24.4 Å². The molecule has 9 heteroatoms. The van der Waals surface area contributed by atoms with E-state index in [1.54, 1.807) is 42.5 Å². The summed E-state index contributed by atoms with van der Waals surface area (Å²) in [5.41, 5.74) is 4.88. The number of rotatable bonds is 8. The molecule has 0 amide bonds. The van der Waals surface area contributed by atoms with Crippen molar-refractivity contribution in [3.05, 3.63) is 106 Å². The van der Waals surface area contributed by atoms with Crippen LogP contribution in [0.4, 0.5) is 5.69 Å². The third-order valence-corrected chi connectivity index (χ3v) is 7.04. The number of benzene rings is 4. The van der Waals surface area contributed by atoms with Crippen LogP contribution in [0.1, 0.15) is 21.5 Å². The minimum absolute atomic E-state index is 0.150. The van der Waals surface area contributed by atoms with Crippen LogP contribution < -0.4 is 15.8 Å². The molecule has 5 rings (SSSR count). The monoisotopic (exact) mass is 536 g/mol. The first-order valence-corrected chi connectivity index (χ1v) is 12.8. The lowest BCUT2D eigenvalue weighted by Gasteiger charge is -2.21. The fourth-order valence-corrected chi connectivity index (χ4v) is 5.10. The fourth-order valence-electron chi connectivity index (χ4n) is 5.10. The van der Waals surface area contributed by atoms with Gasteiger partial charge in [0.1, 0.15) is 11.3 Å². The largest absolute Gasteiger partial charge is 0.488 e. The summed E-state index contributed by atoms with van der Waals surface area (Å²) >= 11 is 0. The number of carboxylic acids is 1. The highest BCUT2D eigenvalue weighted by atomic mass is 16.4. The van der Waals surface area contributed by atoms with Gasteiger partial charge in [0.15, 0.2) is 5.43 Å². The van der Waals surface area contributed by atoms with Crippen molar-refractivity contribution in [3.63, 3.8) is 0 Å². The molecule has 0 saturated heterocycles. The molecule has 0 atom stereocenters. The molecule has 0 aromatic heterocycles. The van der Waals surface area contributed by atoms with Gasteiger partial charge in [-0.05, 0) is 47.9 Å². The summed E-state index contributed by atoms with van der Waals surface area (Å²) in [7, 11) is 4.08. The molecule has 1 heterocycles. The zero-order valence-corrected chi connectivity index (χ0v) is 22.5. The first kappa shape index (κ1) is 27.1. The maximum Gasteiger partial charge on any atom is 0.488 e. The van der Waals surface area contributed by atoms with E-state index in [9.17, 15) is 24.7 Å². The average molecular weight is 536 g/mol. The van der Waals surface area contributed by atoms with Crippen LogP contribution in [0.25, 0.3) is 33.4 Å². The smallest absolute Gasteiger partial charge is 0.478 e. The Balaban J connectivity index is 1.67. The maximum atomic E-state index is 13.3. The second-order valence-electron chi connectivity index (χ2n) is 10.1. The molecule has 3 aromatic rings. The first-order chi connectivity index (χ1) is 19.1. The number of carbonyl (C=O) groups is 1. The van der Waals surface area contributed by atoms with Crippen LogP contribution in [0.3, 0.4) is 0 Å². The molecule has 1 aliphatic carbocycles. The lowest BCUT2D eigenvalue weighted by Crippen LogP contribution is -2.35. The van der Waals surface area contributed by atoms with Gasteiger partial charge < -0.3 is 24.5 Å². The maximum absolute atomic E-state index is 13.3. The topological polar surface area (TPSA) is 114 Å². The van der Waals surface area contributed by atoms with Crippen molar-refractivity contribution in [2.75, 3.05) is 26.0 Å². The quantitative estimate of drug-likeness (QED) is 0.204. The molecule has 2 aliphatic rings. The van der Waals surface area contributed by atoms with E-state index in [0.29, 0.717) is 45.6 Å². The fraction of sp³-hybridized carbons (Fsp3) is 0.161. The first-order valence-electron chi connectivity index (χ1n) is 12.8. The Morgan fingerprint density at radius 1 is 0.850 bits per heavy atom. The molecule has 0 saturated carbocycles. The van der Waals surface area contributed by atoms with Crippen LogP contribution in [0, 0.1) is 0 Å². The minimum Gasteiger partial charge on any atom is -0.478 e. The highest BCUT2D eigenvalue weighted by Crippen LogP contribution is 2.42. The zero-order valence-electron chi connectivity index (χ0n) is 22.5. The summed E-state index contributed by atoms with van der Waals surface area (Å²) < 4.78 is 6.23. The lowest BCUT2D eigenvalue weighted by molar-refractivity contribution is 0.0697. The van der Waals surface area contributed by atoms with E-state index in [-0.39, 0.29) is 17.5 Å². The molecule has 0 fully saturated rings. The van der Waals surface area contributed by atoms with Crippen LogP contribution in [-0.4, -0.2) is 54.3 Å². The van der Waals surface area contributed by atoms with E-state index in [1.807, 2.05) is 61.3 Å². The lowest BCUT2D eigenvalue weighted by atomic mass is 9.77.